The Kier molecular flexibility index (Phi) is 7.20. The highest BCUT2D eigenvalue weighted by Crippen LogP contribution is 2.43. The molecule has 37 heavy (non-hydrogen) atoms. The Hall–Kier alpha value is -3.39. The van der Waals surface area contributed by atoms with Crippen molar-refractivity contribution in [1.82, 2.24) is 14.9 Å². The van der Waals surface area contributed by atoms with E-state index in [0.717, 1.165) is 22.8 Å². The Morgan fingerprint density at radius 2 is 1.86 bits per heavy atom. The molecule has 6 nitrogen and oxygen atoms in total. The largest absolute Gasteiger partial charge is 0.351 e. The number of pyridine rings is 1. The van der Waals surface area contributed by atoms with Crippen molar-refractivity contribution in [3.63, 3.8) is 0 Å². The Labute approximate surface area is 231 Å². The maximum absolute atomic E-state index is 12.2. The van der Waals surface area contributed by atoms with Gasteiger partial charge in [-0.1, -0.05) is 49.2 Å². The molecule has 1 saturated heterocycles. The second-order valence-corrected chi connectivity index (χ2v) is 10.3. The number of anilines is 2. The predicted molar refractivity (Wildman–Crippen MR) is 154 cm³/mol. The molecular formula is C28H25Cl2N5OS. The second kappa shape index (κ2) is 10.5. The van der Waals surface area contributed by atoms with Crippen LogP contribution in [0.15, 0.2) is 85.2 Å². The molecule has 2 aromatic heterocycles. The third kappa shape index (κ3) is 5.07. The van der Waals surface area contributed by atoms with Gasteiger partial charge in [0.05, 0.1) is 22.4 Å². The van der Waals surface area contributed by atoms with Crippen LogP contribution in [0.4, 0.5) is 11.4 Å². The normalized spacial score (nSPS) is 17.2. The average Bonchev–Trinajstić information content (AvgIpc) is 3.50. The van der Waals surface area contributed by atoms with E-state index in [4.69, 9.17) is 35.4 Å². The van der Waals surface area contributed by atoms with E-state index in [1.807, 2.05) is 91.7 Å². The summed E-state index contributed by atoms with van der Waals surface area (Å²) in [6, 6.07) is 22.7. The molecule has 1 aliphatic rings. The average molecular weight is 551 g/mol. The Morgan fingerprint density at radius 1 is 1.03 bits per heavy atom. The number of nitrogens with zero attached hydrogens (tertiary/aromatic N) is 3. The number of carbonyl (C=O) groups excluding carboxylic acids is 1. The highest BCUT2D eigenvalue weighted by atomic mass is 35.5. The number of benzene rings is 2. The zero-order valence-corrected chi connectivity index (χ0v) is 22.6. The number of nitrogens with one attached hydrogen (secondary N) is 2. The molecular weight excluding hydrogens is 525 g/mol. The molecule has 3 heterocycles. The van der Waals surface area contributed by atoms with E-state index in [-0.39, 0.29) is 23.9 Å². The molecule has 2 atom stereocenters. The van der Waals surface area contributed by atoms with Crippen molar-refractivity contribution in [1.29, 1.82) is 0 Å². The first kappa shape index (κ1) is 25.3. The molecule has 5 rings (SSSR count). The van der Waals surface area contributed by atoms with Crippen molar-refractivity contribution in [2.45, 2.75) is 25.9 Å². The van der Waals surface area contributed by atoms with Gasteiger partial charge in [-0.2, -0.15) is 0 Å². The number of amides is 1. The third-order valence-corrected chi connectivity index (χ3v) is 7.14. The van der Waals surface area contributed by atoms with Gasteiger partial charge in [0.2, 0.25) is 5.91 Å². The van der Waals surface area contributed by atoms with Crippen LogP contribution in [0.5, 0.6) is 0 Å². The SMILES string of the molecule is CC(C)C(=O)Nc1ccc(N2C(=S)N[C@H](c3ccccn3)[C@@H]2c2cccn2-c2cccc(Cl)c2)cc1Cl. The first-order chi connectivity index (χ1) is 17.8. The van der Waals surface area contributed by atoms with Crippen LogP contribution in [0.25, 0.3) is 5.69 Å². The lowest BCUT2D eigenvalue weighted by atomic mass is 10.0. The van der Waals surface area contributed by atoms with Crippen molar-refractivity contribution in [3.05, 3.63) is 107 Å². The lowest BCUT2D eigenvalue weighted by molar-refractivity contribution is -0.118. The zero-order valence-electron chi connectivity index (χ0n) is 20.2. The van der Waals surface area contributed by atoms with Crippen LogP contribution in [0.3, 0.4) is 0 Å². The van der Waals surface area contributed by atoms with Gasteiger partial charge < -0.3 is 20.1 Å². The monoisotopic (exact) mass is 549 g/mol. The van der Waals surface area contributed by atoms with Crippen LogP contribution < -0.4 is 15.5 Å². The van der Waals surface area contributed by atoms with Crippen molar-refractivity contribution >= 4 is 57.8 Å². The highest BCUT2D eigenvalue weighted by molar-refractivity contribution is 7.80. The first-order valence-corrected chi connectivity index (χ1v) is 13.0. The smallest absolute Gasteiger partial charge is 0.226 e. The minimum absolute atomic E-state index is 0.0968. The summed E-state index contributed by atoms with van der Waals surface area (Å²) in [5.41, 5.74) is 4.16. The molecule has 188 valence electrons. The number of thiocarbonyl (C=S) groups is 1. The summed E-state index contributed by atoms with van der Waals surface area (Å²) >= 11 is 18.8. The van der Waals surface area contributed by atoms with E-state index in [1.165, 1.54) is 0 Å². The number of hydrogen-bond acceptors (Lipinski definition) is 3. The molecule has 9 heteroatoms. The van der Waals surface area contributed by atoms with Crippen LogP contribution in [0.2, 0.25) is 10.0 Å². The lowest BCUT2D eigenvalue weighted by Crippen LogP contribution is -2.30. The fourth-order valence-electron chi connectivity index (χ4n) is 4.46. The van der Waals surface area contributed by atoms with Gasteiger partial charge in [-0.05, 0) is 72.9 Å². The number of hydrogen-bond donors (Lipinski definition) is 2. The summed E-state index contributed by atoms with van der Waals surface area (Å²) in [5, 5.41) is 7.99. The Balaban J connectivity index is 1.60. The Bertz CT molecular complexity index is 1460. The van der Waals surface area contributed by atoms with E-state index >= 15 is 0 Å². The lowest BCUT2D eigenvalue weighted by Gasteiger charge is -2.29. The van der Waals surface area contributed by atoms with Gasteiger partial charge in [0.25, 0.3) is 0 Å². The molecule has 1 aliphatic heterocycles. The van der Waals surface area contributed by atoms with E-state index in [0.29, 0.717) is 20.8 Å². The fraction of sp³-hybridized carbons (Fsp3) is 0.179. The minimum Gasteiger partial charge on any atom is -0.351 e. The number of rotatable bonds is 6. The topological polar surface area (TPSA) is 62.2 Å². The molecule has 4 aromatic rings. The summed E-state index contributed by atoms with van der Waals surface area (Å²) in [4.78, 5) is 18.9. The molecule has 2 aromatic carbocycles. The molecule has 0 bridgehead atoms. The second-order valence-electron chi connectivity index (χ2n) is 9.09. The van der Waals surface area contributed by atoms with Gasteiger partial charge >= 0.3 is 0 Å². The molecule has 0 unspecified atom stereocenters. The van der Waals surface area contributed by atoms with E-state index < -0.39 is 0 Å². The molecule has 1 amide bonds. The van der Waals surface area contributed by atoms with Crippen LogP contribution in [0.1, 0.15) is 37.3 Å². The van der Waals surface area contributed by atoms with E-state index in [2.05, 4.69) is 26.3 Å². The van der Waals surface area contributed by atoms with Gasteiger partial charge in [-0.25, -0.2) is 0 Å². The summed E-state index contributed by atoms with van der Waals surface area (Å²) in [7, 11) is 0. The number of halogens is 2. The van der Waals surface area contributed by atoms with Gasteiger partial charge in [-0.3, -0.25) is 9.78 Å². The number of carbonyl (C=O) groups is 1. The van der Waals surface area contributed by atoms with E-state index in [1.54, 1.807) is 6.20 Å². The molecule has 1 fully saturated rings. The minimum atomic E-state index is -0.247. The quantitative estimate of drug-likeness (QED) is 0.255. The Morgan fingerprint density at radius 3 is 2.57 bits per heavy atom. The first-order valence-electron chi connectivity index (χ1n) is 11.9. The van der Waals surface area contributed by atoms with Crippen LogP contribution >= 0.6 is 35.4 Å². The van der Waals surface area contributed by atoms with E-state index in [9.17, 15) is 4.79 Å². The summed E-state index contributed by atoms with van der Waals surface area (Å²) in [5.74, 6) is -0.255. The van der Waals surface area contributed by atoms with Crippen molar-refractivity contribution in [2.24, 2.45) is 5.92 Å². The van der Waals surface area contributed by atoms with Gasteiger partial charge in [-0.15, -0.1) is 0 Å². The highest BCUT2D eigenvalue weighted by Gasteiger charge is 2.42. The van der Waals surface area contributed by atoms with Crippen molar-refractivity contribution in [3.8, 4) is 5.69 Å². The molecule has 0 radical (unpaired) electrons. The molecule has 0 aliphatic carbocycles. The summed E-state index contributed by atoms with van der Waals surface area (Å²) in [6.45, 7) is 3.67. The van der Waals surface area contributed by atoms with Crippen LogP contribution in [-0.2, 0) is 4.79 Å². The van der Waals surface area contributed by atoms with Gasteiger partial charge in [0.15, 0.2) is 5.11 Å². The predicted octanol–water partition coefficient (Wildman–Crippen LogP) is 6.95. The number of aromatic nitrogens is 2. The summed E-state index contributed by atoms with van der Waals surface area (Å²) < 4.78 is 2.11. The maximum Gasteiger partial charge on any atom is 0.226 e. The van der Waals surface area contributed by atoms with Gasteiger partial charge in [0, 0.05) is 40.4 Å². The molecule has 0 spiro atoms. The maximum atomic E-state index is 12.2. The third-order valence-electron chi connectivity index (χ3n) is 6.28. The fourth-order valence-corrected chi connectivity index (χ4v) is 5.21. The zero-order chi connectivity index (χ0) is 26.1. The van der Waals surface area contributed by atoms with Crippen LogP contribution in [0, 0.1) is 5.92 Å². The van der Waals surface area contributed by atoms with Crippen molar-refractivity contribution < 1.29 is 4.79 Å². The van der Waals surface area contributed by atoms with Crippen molar-refractivity contribution in [2.75, 3.05) is 10.2 Å². The standard InChI is InChI=1S/C28H25Cl2N5OS/c1-17(2)27(36)32-22-12-11-20(16-21(22)30)35-26(25(33-28(35)37)23-9-3-4-13-31-23)24-10-6-14-34(24)19-8-5-7-18(29)15-19/h3-17,25-26H,1-2H3,(H,32,36)(H,33,37)/t25-,26+/m1/s1. The summed E-state index contributed by atoms with van der Waals surface area (Å²) in [6.07, 6.45) is 3.78. The molecule has 2 N–H and O–H groups in total. The van der Waals surface area contributed by atoms with Crippen LogP contribution in [-0.4, -0.2) is 20.6 Å². The molecule has 0 saturated carbocycles. The van der Waals surface area contributed by atoms with Gasteiger partial charge in [0.1, 0.15) is 6.04 Å².